The zero-order valence-corrected chi connectivity index (χ0v) is 18.2. The number of piperidine rings is 1. The van der Waals surface area contributed by atoms with Crippen molar-refractivity contribution in [2.24, 2.45) is 5.92 Å². The fraction of sp³-hybridized carbons (Fsp3) is 0.318. The Kier molecular flexibility index (Phi) is 6.48. The molecule has 1 unspecified atom stereocenters. The zero-order chi connectivity index (χ0) is 22.7. The monoisotopic (exact) mass is 455 g/mol. The second-order valence-corrected chi connectivity index (χ2v) is 8.23. The quantitative estimate of drug-likeness (QED) is 0.431. The molecule has 0 saturated carbocycles. The van der Waals surface area contributed by atoms with Gasteiger partial charge in [0.25, 0.3) is 5.69 Å². The number of rotatable bonds is 6. The Labute approximate surface area is 189 Å². The first kappa shape index (κ1) is 21.9. The second-order valence-electron chi connectivity index (χ2n) is 7.79. The first-order valence-electron chi connectivity index (χ1n) is 10.3. The minimum atomic E-state index is -0.448. The van der Waals surface area contributed by atoms with E-state index in [2.05, 4.69) is 20.4 Å². The molecule has 0 aliphatic carbocycles. The highest BCUT2D eigenvalue weighted by atomic mass is 35.5. The van der Waals surface area contributed by atoms with Crippen LogP contribution in [0, 0.1) is 23.0 Å². The lowest BCUT2D eigenvalue weighted by molar-refractivity contribution is -0.385. The van der Waals surface area contributed by atoms with Crippen LogP contribution in [0.1, 0.15) is 24.3 Å². The van der Waals surface area contributed by atoms with Crippen molar-refractivity contribution in [2.75, 3.05) is 18.4 Å². The molecular formula is C22H22ClN5O4. The van der Waals surface area contributed by atoms with Crippen LogP contribution < -0.4 is 5.32 Å². The van der Waals surface area contributed by atoms with E-state index >= 15 is 0 Å². The number of nitrogens with zero attached hydrogens (tertiary/aromatic N) is 4. The summed E-state index contributed by atoms with van der Waals surface area (Å²) in [6.07, 6.45) is 1.60. The summed E-state index contributed by atoms with van der Waals surface area (Å²) in [6.45, 7) is 3.44. The molecule has 1 aromatic heterocycles. The van der Waals surface area contributed by atoms with Crippen molar-refractivity contribution < 1.29 is 14.2 Å². The van der Waals surface area contributed by atoms with Gasteiger partial charge in [0.2, 0.25) is 17.6 Å². The molecule has 1 aliphatic heterocycles. The molecule has 166 valence electrons. The zero-order valence-electron chi connectivity index (χ0n) is 17.5. The van der Waals surface area contributed by atoms with E-state index in [1.165, 1.54) is 6.07 Å². The normalized spacial score (nSPS) is 16.6. The molecule has 1 N–H and O–H groups in total. The van der Waals surface area contributed by atoms with E-state index in [1.54, 1.807) is 31.2 Å². The van der Waals surface area contributed by atoms with Crippen LogP contribution in [0.2, 0.25) is 5.02 Å². The van der Waals surface area contributed by atoms with Crippen molar-refractivity contribution in [3.63, 3.8) is 0 Å². The molecule has 1 saturated heterocycles. The Bertz CT molecular complexity index is 1130. The molecule has 1 aliphatic rings. The van der Waals surface area contributed by atoms with E-state index in [0.717, 1.165) is 24.9 Å². The Hall–Kier alpha value is -3.30. The predicted octanol–water partition coefficient (Wildman–Crippen LogP) is 4.46. The lowest BCUT2D eigenvalue weighted by atomic mass is 9.97. The van der Waals surface area contributed by atoms with Crippen molar-refractivity contribution >= 4 is 28.9 Å². The largest absolute Gasteiger partial charge is 0.338 e. The molecule has 10 heteroatoms. The number of likely N-dealkylation sites (tertiary alicyclic amines) is 1. The summed E-state index contributed by atoms with van der Waals surface area (Å²) in [7, 11) is 0. The molecule has 0 bridgehead atoms. The number of benzene rings is 2. The molecule has 0 radical (unpaired) electrons. The topological polar surface area (TPSA) is 114 Å². The highest BCUT2D eigenvalue weighted by molar-refractivity contribution is 6.30. The van der Waals surface area contributed by atoms with Gasteiger partial charge in [-0.25, -0.2) is 0 Å². The Balaban J connectivity index is 1.38. The SMILES string of the molecule is Cc1c(NC(=O)C2CCCN(Cc3nc(-c4ccc(Cl)cc4)no3)C2)cccc1[N+](=O)[O-]. The van der Waals surface area contributed by atoms with Gasteiger partial charge in [0, 0.05) is 23.2 Å². The van der Waals surface area contributed by atoms with Crippen molar-refractivity contribution in [3.05, 3.63) is 69.1 Å². The van der Waals surface area contributed by atoms with E-state index in [0.29, 0.717) is 41.1 Å². The third kappa shape index (κ3) is 4.95. The third-order valence-corrected chi connectivity index (χ3v) is 5.82. The van der Waals surface area contributed by atoms with Crippen molar-refractivity contribution in [3.8, 4) is 11.4 Å². The van der Waals surface area contributed by atoms with Crippen molar-refractivity contribution in [1.29, 1.82) is 0 Å². The first-order valence-corrected chi connectivity index (χ1v) is 10.6. The number of aromatic nitrogens is 2. The second kappa shape index (κ2) is 9.46. The van der Waals surface area contributed by atoms with Gasteiger partial charge in [0.15, 0.2) is 0 Å². The molecule has 1 fully saturated rings. The molecular weight excluding hydrogens is 434 g/mol. The van der Waals surface area contributed by atoms with Crippen LogP contribution in [-0.4, -0.2) is 39.0 Å². The van der Waals surface area contributed by atoms with Gasteiger partial charge in [0.1, 0.15) is 0 Å². The van der Waals surface area contributed by atoms with Crippen LogP contribution in [0.4, 0.5) is 11.4 Å². The van der Waals surface area contributed by atoms with Gasteiger partial charge in [-0.15, -0.1) is 0 Å². The lowest BCUT2D eigenvalue weighted by Crippen LogP contribution is -2.40. The Morgan fingerprint density at radius 3 is 2.84 bits per heavy atom. The summed E-state index contributed by atoms with van der Waals surface area (Å²) in [6, 6.07) is 11.9. The van der Waals surface area contributed by atoms with Crippen LogP contribution in [0.5, 0.6) is 0 Å². The summed E-state index contributed by atoms with van der Waals surface area (Å²) >= 11 is 5.92. The smallest absolute Gasteiger partial charge is 0.274 e. The molecule has 0 spiro atoms. The summed E-state index contributed by atoms with van der Waals surface area (Å²) in [4.78, 5) is 30.1. The fourth-order valence-electron chi connectivity index (χ4n) is 3.83. The molecule has 9 nitrogen and oxygen atoms in total. The van der Waals surface area contributed by atoms with E-state index in [-0.39, 0.29) is 17.5 Å². The van der Waals surface area contributed by atoms with E-state index < -0.39 is 4.92 Å². The molecule has 1 atom stereocenters. The predicted molar refractivity (Wildman–Crippen MR) is 119 cm³/mol. The highest BCUT2D eigenvalue weighted by Gasteiger charge is 2.28. The molecule has 4 rings (SSSR count). The number of nitro groups is 1. The number of hydrogen-bond donors (Lipinski definition) is 1. The molecule has 1 amide bonds. The van der Waals surface area contributed by atoms with Crippen molar-refractivity contribution in [2.45, 2.75) is 26.3 Å². The van der Waals surface area contributed by atoms with E-state index in [9.17, 15) is 14.9 Å². The van der Waals surface area contributed by atoms with Crippen LogP contribution >= 0.6 is 11.6 Å². The van der Waals surface area contributed by atoms with Gasteiger partial charge < -0.3 is 9.84 Å². The van der Waals surface area contributed by atoms with Gasteiger partial charge in [-0.2, -0.15) is 4.98 Å². The number of anilines is 1. The maximum absolute atomic E-state index is 12.8. The number of halogens is 1. The minimum absolute atomic E-state index is 0.0130. The summed E-state index contributed by atoms with van der Waals surface area (Å²) in [5, 5.41) is 18.7. The van der Waals surface area contributed by atoms with Gasteiger partial charge >= 0.3 is 0 Å². The van der Waals surface area contributed by atoms with E-state index in [4.69, 9.17) is 16.1 Å². The Morgan fingerprint density at radius 2 is 2.09 bits per heavy atom. The maximum atomic E-state index is 12.8. The molecule has 32 heavy (non-hydrogen) atoms. The fourth-order valence-corrected chi connectivity index (χ4v) is 3.96. The number of carbonyl (C=O) groups is 1. The average molecular weight is 456 g/mol. The molecule has 2 aromatic carbocycles. The van der Waals surface area contributed by atoms with E-state index in [1.807, 2.05) is 12.1 Å². The highest BCUT2D eigenvalue weighted by Crippen LogP contribution is 2.27. The number of amides is 1. The van der Waals surface area contributed by atoms with Crippen LogP contribution in [0.3, 0.4) is 0 Å². The average Bonchev–Trinajstić information content (AvgIpc) is 3.24. The standard InChI is InChI=1S/C22H22ClN5O4/c1-14-18(5-2-6-19(14)28(30)31)24-22(29)16-4-3-11-27(12-16)13-20-25-21(26-32-20)15-7-9-17(23)10-8-15/h2,5-10,16H,3-4,11-13H2,1H3,(H,24,29). The third-order valence-electron chi connectivity index (χ3n) is 5.57. The van der Waals surface area contributed by atoms with Crippen LogP contribution in [0.15, 0.2) is 47.0 Å². The maximum Gasteiger partial charge on any atom is 0.274 e. The van der Waals surface area contributed by atoms with Gasteiger partial charge in [-0.05, 0) is 56.6 Å². The lowest BCUT2D eigenvalue weighted by Gasteiger charge is -2.31. The molecule has 3 aromatic rings. The number of hydrogen-bond acceptors (Lipinski definition) is 7. The number of nitrogens with one attached hydrogen (secondary N) is 1. The minimum Gasteiger partial charge on any atom is -0.338 e. The first-order chi connectivity index (χ1) is 15.4. The number of carbonyl (C=O) groups excluding carboxylic acids is 1. The summed E-state index contributed by atoms with van der Waals surface area (Å²) in [5.74, 6) is 0.585. The summed E-state index contributed by atoms with van der Waals surface area (Å²) < 4.78 is 5.39. The Morgan fingerprint density at radius 1 is 1.31 bits per heavy atom. The molecule has 2 heterocycles. The van der Waals surface area contributed by atoms with Gasteiger partial charge in [-0.3, -0.25) is 19.8 Å². The number of nitro benzene ring substituents is 1. The van der Waals surface area contributed by atoms with Gasteiger partial charge in [0.05, 0.1) is 28.6 Å². The van der Waals surface area contributed by atoms with Crippen LogP contribution in [-0.2, 0) is 11.3 Å². The van der Waals surface area contributed by atoms with Gasteiger partial charge in [-0.1, -0.05) is 22.8 Å². The summed E-state index contributed by atoms with van der Waals surface area (Å²) in [5.41, 5.74) is 1.71. The van der Waals surface area contributed by atoms with Crippen LogP contribution in [0.25, 0.3) is 11.4 Å². The van der Waals surface area contributed by atoms with Crippen molar-refractivity contribution in [1.82, 2.24) is 15.0 Å².